The number of rotatable bonds is 3. The van der Waals surface area contributed by atoms with Crippen molar-refractivity contribution < 1.29 is 9.90 Å². The zero-order chi connectivity index (χ0) is 14.5. The molecule has 1 aliphatic rings. The fraction of sp³-hybridized carbons (Fsp3) is 0.400. The average molecular weight is 314 g/mol. The van der Waals surface area contributed by atoms with Crippen LogP contribution in [0.15, 0.2) is 24.3 Å². The second-order valence-electron chi connectivity index (χ2n) is 4.94. The summed E-state index contributed by atoms with van der Waals surface area (Å²) in [5, 5.41) is 13.6. The summed E-state index contributed by atoms with van der Waals surface area (Å²) in [7, 11) is 0. The van der Waals surface area contributed by atoms with Gasteiger partial charge in [-0.05, 0) is 31.1 Å². The van der Waals surface area contributed by atoms with Crippen molar-refractivity contribution in [3.63, 3.8) is 0 Å². The van der Waals surface area contributed by atoms with Gasteiger partial charge < -0.3 is 10.4 Å². The normalized spacial score (nSPS) is 22.9. The molecule has 0 aliphatic heterocycles. The number of benzene rings is 1. The van der Waals surface area contributed by atoms with E-state index in [4.69, 9.17) is 23.2 Å². The molecule has 0 saturated heterocycles. The van der Waals surface area contributed by atoms with E-state index < -0.39 is 6.10 Å². The van der Waals surface area contributed by atoms with Gasteiger partial charge in [0, 0.05) is 21.7 Å². The number of hydrogen-bond donors (Lipinski definition) is 2. The molecule has 20 heavy (non-hydrogen) atoms. The summed E-state index contributed by atoms with van der Waals surface area (Å²) in [5.41, 5.74) is 0.621. The number of hydrogen-bond acceptors (Lipinski definition) is 2. The molecule has 0 spiro atoms. The number of amides is 1. The Bertz CT molecular complexity index is 496. The number of nitrogens with one attached hydrogen (secondary N) is 1. The third kappa shape index (κ3) is 3.98. The molecule has 0 aromatic heterocycles. The van der Waals surface area contributed by atoms with Crippen molar-refractivity contribution in [2.75, 3.05) is 0 Å². The van der Waals surface area contributed by atoms with Crippen molar-refractivity contribution in [3.05, 3.63) is 39.9 Å². The maximum atomic E-state index is 11.9. The van der Waals surface area contributed by atoms with Crippen LogP contribution < -0.4 is 5.32 Å². The highest BCUT2D eigenvalue weighted by atomic mass is 35.5. The first-order valence-corrected chi connectivity index (χ1v) is 7.44. The molecule has 1 amide bonds. The topological polar surface area (TPSA) is 49.3 Å². The molecule has 0 unspecified atom stereocenters. The molecule has 0 radical (unpaired) electrons. The number of aliphatic hydroxyl groups excluding tert-OH is 1. The molecule has 5 heteroatoms. The number of aliphatic hydroxyl groups is 1. The molecule has 2 atom stereocenters. The standard InChI is InChI=1S/C15H17Cl2NO2/c16-11-4-3-5-12(17)10(11)8-9-15(20)18-13-6-1-2-7-14(13)19/h3-5,8-9,13-14,19H,1-2,6-7H2,(H,18,20)/b9-8+/t13-,14-/m0/s1. The Kier molecular flexibility index (Phi) is 5.46. The lowest BCUT2D eigenvalue weighted by Crippen LogP contribution is -2.44. The van der Waals surface area contributed by atoms with Crippen LogP contribution in [0.25, 0.3) is 6.08 Å². The highest BCUT2D eigenvalue weighted by Gasteiger charge is 2.23. The largest absolute Gasteiger partial charge is 0.391 e. The molecular formula is C15H17Cl2NO2. The Labute approximate surface area is 128 Å². The lowest BCUT2D eigenvalue weighted by molar-refractivity contribution is -0.118. The molecule has 108 valence electrons. The Morgan fingerprint density at radius 3 is 2.55 bits per heavy atom. The number of carbonyl (C=O) groups excluding carboxylic acids is 1. The minimum atomic E-state index is -0.454. The summed E-state index contributed by atoms with van der Waals surface area (Å²) in [6.45, 7) is 0. The van der Waals surface area contributed by atoms with Crippen LogP contribution in [0.5, 0.6) is 0 Å². The first kappa shape index (κ1) is 15.4. The minimum absolute atomic E-state index is 0.164. The van der Waals surface area contributed by atoms with Crippen molar-refractivity contribution >= 4 is 35.2 Å². The van der Waals surface area contributed by atoms with Gasteiger partial charge in [0.15, 0.2) is 0 Å². The minimum Gasteiger partial charge on any atom is -0.391 e. The maximum Gasteiger partial charge on any atom is 0.244 e. The SMILES string of the molecule is O=C(/C=C/c1c(Cl)cccc1Cl)N[C@H]1CCCC[C@@H]1O. The zero-order valence-corrected chi connectivity index (χ0v) is 12.5. The lowest BCUT2D eigenvalue weighted by atomic mass is 9.92. The second-order valence-corrected chi connectivity index (χ2v) is 5.75. The first-order valence-electron chi connectivity index (χ1n) is 6.68. The molecule has 1 fully saturated rings. The van der Waals surface area contributed by atoms with E-state index >= 15 is 0 Å². The van der Waals surface area contributed by atoms with E-state index in [2.05, 4.69) is 5.32 Å². The van der Waals surface area contributed by atoms with Gasteiger partial charge in [-0.25, -0.2) is 0 Å². The summed E-state index contributed by atoms with van der Waals surface area (Å²) < 4.78 is 0. The Balaban J connectivity index is 1.99. The molecule has 1 aliphatic carbocycles. The second kappa shape index (κ2) is 7.11. The smallest absolute Gasteiger partial charge is 0.244 e. The van der Waals surface area contributed by atoms with Crippen LogP contribution >= 0.6 is 23.2 Å². The van der Waals surface area contributed by atoms with E-state index in [1.807, 2.05) is 0 Å². The van der Waals surface area contributed by atoms with Crippen molar-refractivity contribution in [2.24, 2.45) is 0 Å². The molecule has 3 nitrogen and oxygen atoms in total. The van der Waals surface area contributed by atoms with E-state index in [0.717, 1.165) is 25.7 Å². The van der Waals surface area contributed by atoms with Crippen LogP contribution in [0.3, 0.4) is 0 Å². The molecule has 0 heterocycles. The van der Waals surface area contributed by atoms with Gasteiger partial charge in [-0.15, -0.1) is 0 Å². The van der Waals surface area contributed by atoms with Gasteiger partial charge in [0.05, 0.1) is 12.1 Å². The van der Waals surface area contributed by atoms with E-state index in [-0.39, 0.29) is 11.9 Å². The predicted molar refractivity (Wildman–Crippen MR) is 81.9 cm³/mol. The highest BCUT2D eigenvalue weighted by molar-refractivity contribution is 6.37. The van der Waals surface area contributed by atoms with Crippen LogP contribution in [0.2, 0.25) is 10.0 Å². The van der Waals surface area contributed by atoms with E-state index in [1.165, 1.54) is 6.08 Å². The van der Waals surface area contributed by atoms with Gasteiger partial charge in [-0.3, -0.25) is 4.79 Å². The Hall–Kier alpha value is -1.03. The van der Waals surface area contributed by atoms with Gasteiger partial charge >= 0.3 is 0 Å². The highest BCUT2D eigenvalue weighted by Crippen LogP contribution is 2.25. The number of carbonyl (C=O) groups is 1. The molecular weight excluding hydrogens is 297 g/mol. The molecule has 1 aromatic carbocycles. The fourth-order valence-corrected chi connectivity index (χ4v) is 2.86. The van der Waals surface area contributed by atoms with Crippen molar-refractivity contribution in [2.45, 2.75) is 37.8 Å². The summed E-state index contributed by atoms with van der Waals surface area (Å²) in [6, 6.07) is 5.02. The van der Waals surface area contributed by atoms with E-state index in [0.29, 0.717) is 15.6 Å². The van der Waals surface area contributed by atoms with Crippen LogP contribution in [0, 0.1) is 0 Å². The third-order valence-electron chi connectivity index (χ3n) is 3.46. The van der Waals surface area contributed by atoms with Crippen LogP contribution in [0.4, 0.5) is 0 Å². The maximum absolute atomic E-state index is 11.9. The van der Waals surface area contributed by atoms with E-state index in [1.54, 1.807) is 24.3 Å². The molecule has 1 aromatic rings. The summed E-state index contributed by atoms with van der Waals surface area (Å²) in [6.07, 6.45) is 6.13. The predicted octanol–water partition coefficient (Wildman–Crippen LogP) is 3.43. The molecule has 2 rings (SSSR count). The lowest BCUT2D eigenvalue weighted by Gasteiger charge is -2.27. The van der Waals surface area contributed by atoms with Gasteiger partial charge in [0.1, 0.15) is 0 Å². The average Bonchev–Trinajstić information content (AvgIpc) is 2.41. The Morgan fingerprint density at radius 1 is 1.25 bits per heavy atom. The first-order chi connectivity index (χ1) is 9.58. The van der Waals surface area contributed by atoms with Crippen molar-refractivity contribution in [1.82, 2.24) is 5.32 Å². The van der Waals surface area contributed by atoms with Gasteiger partial charge in [-0.1, -0.05) is 42.1 Å². The van der Waals surface area contributed by atoms with Gasteiger partial charge in [0.25, 0.3) is 0 Å². The van der Waals surface area contributed by atoms with E-state index in [9.17, 15) is 9.90 Å². The van der Waals surface area contributed by atoms with Crippen LogP contribution in [-0.2, 0) is 4.79 Å². The van der Waals surface area contributed by atoms with Crippen LogP contribution in [0.1, 0.15) is 31.2 Å². The zero-order valence-electron chi connectivity index (χ0n) is 11.0. The monoisotopic (exact) mass is 313 g/mol. The summed E-state index contributed by atoms with van der Waals surface area (Å²) in [5.74, 6) is -0.244. The number of halogens is 2. The molecule has 2 N–H and O–H groups in total. The van der Waals surface area contributed by atoms with Gasteiger partial charge in [0.2, 0.25) is 5.91 Å². The van der Waals surface area contributed by atoms with Crippen LogP contribution in [-0.4, -0.2) is 23.2 Å². The Morgan fingerprint density at radius 2 is 1.90 bits per heavy atom. The third-order valence-corrected chi connectivity index (χ3v) is 4.12. The quantitative estimate of drug-likeness (QED) is 0.840. The molecule has 1 saturated carbocycles. The summed E-state index contributed by atoms with van der Waals surface area (Å²) in [4.78, 5) is 11.9. The van der Waals surface area contributed by atoms with Gasteiger partial charge in [-0.2, -0.15) is 0 Å². The van der Waals surface area contributed by atoms with Crippen molar-refractivity contribution in [1.29, 1.82) is 0 Å². The van der Waals surface area contributed by atoms with Crippen molar-refractivity contribution in [3.8, 4) is 0 Å². The fourth-order valence-electron chi connectivity index (χ4n) is 2.34. The summed E-state index contributed by atoms with van der Waals surface area (Å²) >= 11 is 12.0. The molecule has 0 bridgehead atoms.